The second-order valence-corrected chi connectivity index (χ2v) is 10.6. The lowest BCUT2D eigenvalue weighted by Gasteiger charge is -2.29. The van der Waals surface area contributed by atoms with Crippen molar-refractivity contribution in [1.82, 2.24) is 10.2 Å². The number of nitrogens with one attached hydrogen (secondary N) is 1. The number of aliphatic carboxylic acids is 1. The van der Waals surface area contributed by atoms with E-state index in [0.717, 1.165) is 22.3 Å². The first-order valence-electron chi connectivity index (χ1n) is 12.3. The van der Waals surface area contributed by atoms with Gasteiger partial charge in [0.25, 0.3) is 0 Å². The Bertz CT molecular complexity index is 1060. The van der Waals surface area contributed by atoms with Crippen molar-refractivity contribution in [2.75, 3.05) is 13.2 Å². The van der Waals surface area contributed by atoms with Crippen LogP contribution in [0.4, 0.5) is 4.79 Å². The van der Waals surface area contributed by atoms with Crippen molar-refractivity contribution < 1.29 is 24.2 Å². The molecule has 7 nitrogen and oxygen atoms in total. The second-order valence-electron chi connectivity index (χ2n) is 10.6. The fourth-order valence-corrected chi connectivity index (χ4v) is 5.10. The van der Waals surface area contributed by atoms with Crippen LogP contribution in [-0.4, -0.2) is 53.2 Å². The molecular formula is C28H34N2O5. The van der Waals surface area contributed by atoms with Gasteiger partial charge in [-0.3, -0.25) is 4.79 Å². The molecule has 0 radical (unpaired) electrons. The molecule has 1 saturated heterocycles. The number of carbonyl (C=O) groups excluding carboxylic acids is 2. The minimum atomic E-state index is -1.01. The topological polar surface area (TPSA) is 95.9 Å². The number of nitrogens with zero attached hydrogens (tertiary/aromatic N) is 1. The Hall–Kier alpha value is -3.35. The molecular weight excluding hydrogens is 444 g/mol. The standard InChI is InChI=1S/C28H34N2O5/c1-28(2,3)15-14-23(25(31)30-16-8-13-24(30)26(32)33)29-27(34)35-17-22-20-11-6-4-9-18(20)19-10-5-7-12-21(19)22/h4-7,9-12,22-24H,8,13-17H2,1-3H3,(H,29,34)(H,32,33)/t23?,24-/m1/s1. The molecule has 2 N–H and O–H groups in total. The van der Waals surface area contributed by atoms with Crippen LogP contribution >= 0.6 is 0 Å². The number of carboxylic acid groups (broad SMARTS) is 1. The number of fused-ring (bicyclic) bond motifs is 3. The summed E-state index contributed by atoms with van der Waals surface area (Å²) in [6, 6.07) is 14.5. The number of rotatable bonds is 7. The van der Waals surface area contributed by atoms with Gasteiger partial charge < -0.3 is 20.1 Å². The summed E-state index contributed by atoms with van der Waals surface area (Å²) in [5, 5.41) is 12.3. The van der Waals surface area contributed by atoms with Crippen molar-refractivity contribution in [3.05, 3.63) is 59.7 Å². The van der Waals surface area contributed by atoms with E-state index in [-0.39, 0.29) is 23.8 Å². The first-order chi connectivity index (χ1) is 16.7. The Labute approximate surface area is 206 Å². The SMILES string of the molecule is CC(C)(C)CCC(NC(=O)OCC1c2ccccc2-c2ccccc21)C(=O)N1CCC[C@@H]1C(=O)O. The zero-order valence-electron chi connectivity index (χ0n) is 20.6. The van der Waals surface area contributed by atoms with Crippen molar-refractivity contribution in [1.29, 1.82) is 0 Å². The number of amides is 2. The molecule has 0 saturated carbocycles. The normalized spacial score (nSPS) is 18.0. The van der Waals surface area contributed by atoms with Gasteiger partial charge in [-0.25, -0.2) is 9.59 Å². The monoisotopic (exact) mass is 478 g/mol. The lowest BCUT2D eigenvalue weighted by molar-refractivity contribution is -0.149. The first-order valence-corrected chi connectivity index (χ1v) is 12.3. The molecule has 2 aromatic carbocycles. The van der Waals surface area contributed by atoms with Crippen LogP contribution in [0.1, 0.15) is 63.5 Å². The van der Waals surface area contributed by atoms with Crippen LogP contribution in [0.5, 0.6) is 0 Å². The number of hydrogen-bond acceptors (Lipinski definition) is 4. The molecule has 2 aliphatic rings. The molecule has 1 unspecified atom stereocenters. The van der Waals surface area contributed by atoms with Gasteiger partial charge in [-0.1, -0.05) is 69.3 Å². The van der Waals surface area contributed by atoms with Gasteiger partial charge in [0, 0.05) is 12.5 Å². The highest BCUT2D eigenvalue weighted by Gasteiger charge is 2.38. The third-order valence-corrected chi connectivity index (χ3v) is 6.94. The predicted octanol–water partition coefficient (Wildman–Crippen LogP) is 4.80. The molecule has 0 spiro atoms. The Kier molecular flexibility index (Phi) is 7.15. The van der Waals surface area contributed by atoms with Gasteiger partial charge in [-0.15, -0.1) is 0 Å². The maximum absolute atomic E-state index is 13.3. The van der Waals surface area contributed by atoms with Gasteiger partial charge in [0.2, 0.25) is 5.91 Å². The van der Waals surface area contributed by atoms with Crippen molar-refractivity contribution in [2.24, 2.45) is 5.41 Å². The molecule has 4 rings (SSSR count). The van der Waals surface area contributed by atoms with Crippen molar-refractivity contribution >= 4 is 18.0 Å². The summed E-state index contributed by atoms with van der Waals surface area (Å²) in [5.41, 5.74) is 4.47. The van der Waals surface area contributed by atoms with Crippen molar-refractivity contribution in [3.8, 4) is 11.1 Å². The summed E-state index contributed by atoms with van der Waals surface area (Å²) in [7, 11) is 0. The van der Waals surface area contributed by atoms with Crippen LogP contribution in [0.25, 0.3) is 11.1 Å². The molecule has 7 heteroatoms. The molecule has 0 bridgehead atoms. The van der Waals surface area contributed by atoms with E-state index in [1.807, 2.05) is 24.3 Å². The lowest BCUT2D eigenvalue weighted by atomic mass is 9.88. The van der Waals surface area contributed by atoms with E-state index in [4.69, 9.17) is 4.74 Å². The van der Waals surface area contributed by atoms with Crippen LogP contribution in [0.3, 0.4) is 0 Å². The third-order valence-electron chi connectivity index (χ3n) is 6.94. The summed E-state index contributed by atoms with van der Waals surface area (Å²) in [6.07, 6.45) is 1.51. The molecule has 2 atom stereocenters. The van der Waals surface area contributed by atoms with Gasteiger partial charge in [0.15, 0.2) is 0 Å². The van der Waals surface area contributed by atoms with Crippen LogP contribution in [0, 0.1) is 5.41 Å². The fraction of sp³-hybridized carbons (Fsp3) is 0.464. The smallest absolute Gasteiger partial charge is 0.407 e. The van der Waals surface area contributed by atoms with E-state index >= 15 is 0 Å². The fourth-order valence-electron chi connectivity index (χ4n) is 5.10. The average Bonchev–Trinajstić information content (AvgIpc) is 3.43. The molecule has 1 heterocycles. The Morgan fingerprint density at radius 1 is 1.06 bits per heavy atom. The van der Waals surface area contributed by atoms with Gasteiger partial charge >= 0.3 is 12.1 Å². The largest absolute Gasteiger partial charge is 0.480 e. The van der Waals surface area contributed by atoms with Crippen LogP contribution in [-0.2, 0) is 14.3 Å². The molecule has 35 heavy (non-hydrogen) atoms. The van der Waals surface area contributed by atoms with Crippen LogP contribution < -0.4 is 5.32 Å². The van der Waals surface area contributed by atoms with Crippen LogP contribution in [0.2, 0.25) is 0 Å². The Morgan fingerprint density at radius 2 is 1.66 bits per heavy atom. The molecule has 1 aliphatic heterocycles. The van der Waals surface area contributed by atoms with Gasteiger partial charge in [0.05, 0.1) is 0 Å². The number of benzene rings is 2. The predicted molar refractivity (Wildman–Crippen MR) is 133 cm³/mol. The minimum absolute atomic E-state index is 0.0431. The van der Waals surface area contributed by atoms with E-state index in [2.05, 4.69) is 50.4 Å². The van der Waals surface area contributed by atoms with Crippen molar-refractivity contribution in [2.45, 2.75) is 64.5 Å². The van der Waals surface area contributed by atoms with Gasteiger partial charge in [-0.2, -0.15) is 0 Å². The maximum Gasteiger partial charge on any atom is 0.407 e. The average molecular weight is 479 g/mol. The van der Waals surface area contributed by atoms with Crippen molar-refractivity contribution in [3.63, 3.8) is 0 Å². The number of carbonyl (C=O) groups is 3. The zero-order valence-corrected chi connectivity index (χ0v) is 20.6. The lowest BCUT2D eigenvalue weighted by Crippen LogP contribution is -2.52. The highest BCUT2D eigenvalue weighted by Crippen LogP contribution is 2.44. The molecule has 186 valence electrons. The summed E-state index contributed by atoms with van der Waals surface area (Å²) in [4.78, 5) is 39.2. The number of carboxylic acids is 1. The molecule has 2 amide bonds. The van der Waals surface area contributed by atoms with E-state index in [0.29, 0.717) is 32.2 Å². The highest BCUT2D eigenvalue weighted by atomic mass is 16.5. The number of hydrogen-bond donors (Lipinski definition) is 2. The second kappa shape index (κ2) is 10.1. The minimum Gasteiger partial charge on any atom is -0.480 e. The molecule has 0 aromatic heterocycles. The van der Waals surface area contributed by atoms with Crippen LogP contribution in [0.15, 0.2) is 48.5 Å². The zero-order chi connectivity index (χ0) is 25.2. The first kappa shape index (κ1) is 24.8. The quantitative estimate of drug-likeness (QED) is 0.596. The van der Waals surface area contributed by atoms with Gasteiger partial charge in [0.1, 0.15) is 18.7 Å². The molecule has 1 fully saturated rings. The summed E-state index contributed by atoms with van der Waals surface area (Å²) < 4.78 is 5.65. The van der Waals surface area contributed by atoms with Gasteiger partial charge in [-0.05, 0) is 53.4 Å². The Morgan fingerprint density at radius 3 is 2.23 bits per heavy atom. The summed E-state index contributed by atoms with van der Waals surface area (Å²) >= 11 is 0. The molecule has 2 aromatic rings. The summed E-state index contributed by atoms with van der Waals surface area (Å²) in [5.74, 6) is -1.44. The van der Waals surface area contributed by atoms with E-state index in [9.17, 15) is 19.5 Å². The maximum atomic E-state index is 13.3. The summed E-state index contributed by atoms with van der Waals surface area (Å²) in [6.45, 7) is 6.74. The van der Waals surface area contributed by atoms with E-state index < -0.39 is 24.1 Å². The Balaban J connectivity index is 1.45. The number of likely N-dealkylation sites (tertiary alicyclic amines) is 1. The number of ether oxygens (including phenoxy) is 1. The number of alkyl carbamates (subject to hydrolysis) is 1. The third kappa shape index (κ3) is 5.50. The van der Waals surface area contributed by atoms with E-state index in [1.165, 1.54) is 4.90 Å². The van der Waals surface area contributed by atoms with E-state index in [1.54, 1.807) is 0 Å². The highest BCUT2D eigenvalue weighted by molar-refractivity contribution is 5.89. The molecule has 1 aliphatic carbocycles.